The van der Waals surface area contributed by atoms with Gasteiger partial charge in [-0.05, 0) is 32.4 Å². The molecule has 1 atom stereocenters. The van der Waals surface area contributed by atoms with Gasteiger partial charge in [0.15, 0.2) is 0 Å². The Kier molecular flexibility index (Phi) is 7.56. The molecule has 1 aromatic carbocycles. The summed E-state index contributed by atoms with van der Waals surface area (Å²) in [4.78, 5) is 37.4. The maximum atomic E-state index is 12.1. The standard InChI is InChI=1S/C15H21N3O4S/c1-10(14(20)17-15(21)22-3)18(2)9-13(19)16-11-7-5-6-8-12(11)23-4/h5-8,10H,9H2,1-4H3,(H,16,19)(H,17,20,21)/t10-/m0/s1. The van der Waals surface area contributed by atoms with Crippen LogP contribution in [0.4, 0.5) is 10.5 Å². The number of nitrogens with zero attached hydrogens (tertiary/aromatic N) is 1. The van der Waals surface area contributed by atoms with E-state index < -0.39 is 18.0 Å². The lowest BCUT2D eigenvalue weighted by Crippen LogP contribution is -2.47. The zero-order valence-corrected chi connectivity index (χ0v) is 14.4. The number of ether oxygens (including phenoxy) is 1. The van der Waals surface area contributed by atoms with Gasteiger partial charge in [0, 0.05) is 4.90 Å². The zero-order valence-electron chi connectivity index (χ0n) is 13.6. The fraction of sp³-hybridized carbons (Fsp3) is 0.400. The van der Waals surface area contributed by atoms with Gasteiger partial charge in [-0.25, -0.2) is 4.79 Å². The highest BCUT2D eigenvalue weighted by molar-refractivity contribution is 7.98. The van der Waals surface area contributed by atoms with E-state index in [0.29, 0.717) is 0 Å². The van der Waals surface area contributed by atoms with Crippen LogP contribution in [0.3, 0.4) is 0 Å². The molecule has 0 bridgehead atoms. The van der Waals surface area contributed by atoms with Crippen LogP contribution < -0.4 is 10.6 Å². The minimum Gasteiger partial charge on any atom is -0.453 e. The van der Waals surface area contributed by atoms with E-state index in [2.05, 4.69) is 15.4 Å². The summed E-state index contributed by atoms with van der Waals surface area (Å²) in [6, 6.07) is 6.81. The topological polar surface area (TPSA) is 87.7 Å². The van der Waals surface area contributed by atoms with E-state index in [0.717, 1.165) is 10.6 Å². The van der Waals surface area contributed by atoms with Crippen molar-refractivity contribution < 1.29 is 19.1 Å². The highest BCUT2D eigenvalue weighted by Crippen LogP contribution is 2.24. The molecule has 0 aromatic heterocycles. The first kappa shape index (κ1) is 19.0. The first-order valence-corrected chi connectivity index (χ1v) is 8.13. The Labute approximate surface area is 139 Å². The molecule has 126 valence electrons. The number of likely N-dealkylation sites (N-methyl/N-ethyl adjacent to an activating group) is 1. The Bertz CT molecular complexity index is 580. The Morgan fingerprint density at radius 3 is 2.57 bits per heavy atom. The molecule has 7 nitrogen and oxygen atoms in total. The van der Waals surface area contributed by atoms with Crippen molar-refractivity contribution in [1.29, 1.82) is 0 Å². The van der Waals surface area contributed by atoms with Gasteiger partial charge in [-0.1, -0.05) is 12.1 Å². The molecule has 0 aliphatic carbocycles. The van der Waals surface area contributed by atoms with Crippen LogP contribution in [0.25, 0.3) is 0 Å². The predicted octanol–water partition coefficient (Wildman–Crippen LogP) is 1.55. The number of imide groups is 1. The fourth-order valence-electron chi connectivity index (χ4n) is 1.76. The van der Waals surface area contributed by atoms with Gasteiger partial charge in [0.1, 0.15) is 0 Å². The van der Waals surface area contributed by atoms with Crippen molar-refractivity contribution in [3.63, 3.8) is 0 Å². The molecule has 23 heavy (non-hydrogen) atoms. The number of amides is 3. The fourth-order valence-corrected chi connectivity index (χ4v) is 2.31. The number of nitrogens with one attached hydrogen (secondary N) is 2. The first-order valence-electron chi connectivity index (χ1n) is 6.91. The molecule has 2 N–H and O–H groups in total. The van der Waals surface area contributed by atoms with E-state index in [4.69, 9.17) is 0 Å². The van der Waals surface area contributed by atoms with E-state index >= 15 is 0 Å². The number of rotatable bonds is 6. The van der Waals surface area contributed by atoms with Crippen LogP contribution in [0.1, 0.15) is 6.92 Å². The minimum atomic E-state index is -0.825. The molecule has 3 amide bonds. The number of hydrogen-bond acceptors (Lipinski definition) is 6. The number of alkyl carbamates (subject to hydrolysis) is 1. The molecule has 0 aliphatic heterocycles. The lowest BCUT2D eigenvalue weighted by Gasteiger charge is -2.22. The van der Waals surface area contributed by atoms with Crippen molar-refractivity contribution in [2.24, 2.45) is 0 Å². The molecule has 0 unspecified atom stereocenters. The maximum Gasteiger partial charge on any atom is 0.413 e. The highest BCUT2D eigenvalue weighted by Gasteiger charge is 2.22. The smallest absolute Gasteiger partial charge is 0.413 e. The second-order valence-corrected chi connectivity index (χ2v) is 5.67. The summed E-state index contributed by atoms with van der Waals surface area (Å²) in [6.45, 7) is 1.61. The van der Waals surface area contributed by atoms with E-state index in [-0.39, 0.29) is 12.5 Å². The quantitative estimate of drug-likeness (QED) is 0.765. The van der Waals surface area contributed by atoms with E-state index in [9.17, 15) is 14.4 Å². The predicted molar refractivity (Wildman–Crippen MR) is 89.5 cm³/mol. The molecule has 1 rings (SSSR count). The van der Waals surface area contributed by atoms with Crippen LogP contribution in [-0.2, 0) is 14.3 Å². The number of carbonyl (C=O) groups excluding carboxylic acids is 3. The minimum absolute atomic E-state index is 0.0124. The molecule has 0 heterocycles. The van der Waals surface area contributed by atoms with Gasteiger partial charge in [-0.15, -0.1) is 11.8 Å². The Hall–Kier alpha value is -2.06. The van der Waals surface area contributed by atoms with Crippen molar-refractivity contribution in [3.8, 4) is 0 Å². The van der Waals surface area contributed by atoms with Crippen LogP contribution in [0.15, 0.2) is 29.2 Å². The summed E-state index contributed by atoms with van der Waals surface area (Å²) >= 11 is 1.53. The Morgan fingerprint density at radius 1 is 1.30 bits per heavy atom. The molecule has 8 heteroatoms. The lowest BCUT2D eigenvalue weighted by molar-refractivity contribution is -0.125. The Balaban J connectivity index is 2.59. The number of methoxy groups -OCH3 is 1. The Morgan fingerprint density at radius 2 is 1.96 bits per heavy atom. The molecule has 0 radical (unpaired) electrons. The van der Waals surface area contributed by atoms with E-state index in [1.807, 2.05) is 30.5 Å². The largest absolute Gasteiger partial charge is 0.453 e. The SMILES string of the molecule is COC(=O)NC(=O)[C@H](C)N(C)CC(=O)Nc1ccccc1SC. The highest BCUT2D eigenvalue weighted by atomic mass is 32.2. The summed E-state index contributed by atoms with van der Waals surface area (Å²) in [7, 11) is 2.80. The van der Waals surface area contributed by atoms with Crippen LogP contribution in [0.2, 0.25) is 0 Å². The summed E-state index contributed by atoms with van der Waals surface area (Å²) in [5.41, 5.74) is 0.727. The monoisotopic (exact) mass is 339 g/mol. The number of anilines is 1. The maximum absolute atomic E-state index is 12.1. The summed E-state index contributed by atoms with van der Waals surface area (Å²) in [6.07, 6.45) is 1.10. The van der Waals surface area contributed by atoms with Crippen molar-refractivity contribution in [3.05, 3.63) is 24.3 Å². The normalized spacial score (nSPS) is 11.7. The average Bonchev–Trinajstić information content (AvgIpc) is 2.54. The van der Waals surface area contributed by atoms with E-state index in [1.54, 1.807) is 14.0 Å². The van der Waals surface area contributed by atoms with Gasteiger partial charge in [0.2, 0.25) is 11.8 Å². The molecule has 1 aromatic rings. The molecular weight excluding hydrogens is 318 g/mol. The molecule has 0 saturated heterocycles. The first-order chi connectivity index (χ1) is 10.9. The van der Waals surface area contributed by atoms with Crippen molar-refractivity contribution in [2.75, 3.05) is 32.3 Å². The van der Waals surface area contributed by atoms with Crippen LogP contribution in [-0.4, -0.2) is 55.8 Å². The van der Waals surface area contributed by atoms with Crippen molar-refractivity contribution in [1.82, 2.24) is 10.2 Å². The molecule has 0 spiro atoms. The number of para-hydroxylation sites is 1. The summed E-state index contributed by atoms with van der Waals surface area (Å²) < 4.78 is 4.37. The van der Waals surface area contributed by atoms with Gasteiger partial charge in [0.05, 0.1) is 25.4 Å². The van der Waals surface area contributed by atoms with Crippen LogP contribution >= 0.6 is 11.8 Å². The van der Waals surface area contributed by atoms with Crippen LogP contribution in [0, 0.1) is 0 Å². The lowest BCUT2D eigenvalue weighted by atomic mass is 10.2. The summed E-state index contributed by atoms with van der Waals surface area (Å²) in [5, 5.41) is 4.89. The van der Waals surface area contributed by atoms with Crippen LogP contribution in [0.5, 0.6) is 0 Å². The molecular formula is C15H21N3O4S. The second kappa shape index (κ2) is 9.16. The van der Waals surface area contributed by atoms with Gasteiger partial charge in [-0.2, -0.15) is 0 Å². The average molecular weight is 339 g/mol. The number of thioether (sulfide) groups is 1. The van der Waals surface area contributed by atoms with Crippen molar-refractivity contribution in [2.45, 2.75) is 17.9 Å². The number of benzene rings is 1. The van der Waals surface area contributed by atoms with Crippen molar-refractivity contribution >= 4 is 35.4 Å². The third-order valence-electron chi connectivity index (χ3n) is 3.23. The number of hydrogen-bond donors (Lipinski definition) is 2. The van der Waals surface area contributed by atoms with Gasteiger partial charge < -0.3 is 10.1 Å². The van der Waals surface area contributed by atoms with Gasteiger partial charge >= 0.3 is 6.09 Å². The molecule has 0 aliphatic rings. The zero-order chi connectivity index (χ0) is 17.4. The second-order valence-electron chi connectivity index (χ2n) is 4.82. The molecule has 0 fully saturated rings. The third kappa shape index (κ3) is 5.91. The van der Waals surface area contributed by atoms with Gasteiger partial charge in [0.25, 0.3) is 0 Å². The number of carbonyl (C=O) groups is 3. The molecule has 0 saturated carbocycles. The third-order valence-corrected chi connectivity index (χ3v) is 4.02. The van der Waals surface area contributed by atoms with E-state index in [1.165, 1.54) is 23.8 Å². The van der Waals surface area contributed by atoms with Gasteiger partial charge in [-0.3, -0.25) is 19.8 Å². The summed E-state index contributed by atoms with van der Waals surface area (Å²) in [5.74, 6) is -0.775.